The zero-order valence-corrected chi connectivity index (χ0v) is 12.7. The van der Waals surface area contributed by atoms with Crippen molar-refractivity contribution < 1.29 is 4.79 Å². The molecular weight excluding hydrogens is 280 g/mol. The predicted molar refractivity (Wildman–Crippen MR) is 86.7 cm³/mol. The van der Waals surface area contributed by atoms with Crippen molar-refractivity contribution in [3.05, 3.63) is 51.4 Å². The quantitative estimate of drug-likeness (QED) is 0.861. The SMILES string of the molecule is Cc1cccc(C2=NCC(=O)Nc3sc4c(c32)CCC4)c1. The van der Waals surface area contributed by atoms with Gasteiger partial charge < -0.3 is 5.32 Å². The number of nitrogens with zero attached hydrogens (tertiary/aromatic N) is 1. The minimum atomic E-state index is -0.0150. The minimum Gasteiger partial charge on any atom is -0.316 e. The molecule has 1 aromatic carbocycles. The van der Waals surface area contributed by atoms with Gasteiger partial charge in [-0.05, 0) is 37.8 Å². The van der Waals surface area contributed by atoms with Gasteiger partial charge in [0, 0.05) is 16.0 Å². The van der Waals surface area contributed by atoms with E-state index in [1.807, 2.05) is 0 Å². The van der Waals surface area contributed by atoms with Crippen LogP contribution in [0.25, 0.3) is 0 Å². The lowest BCUT2D eigenvalue weighted by molar-refractivity contribution is -0.114. The maximum Gasteiger partial charge on any atom is 0.246 e. The molecule has 0 unspecified atom stereocenters. The Morgan fingerprint density at radius 2 is 2.19 bits per heavy atom. The maximum absolute atomic E-state index is 11.9. The Labute approximate surface area is 127 Å². The van der Waals surface area contributed by atoms with E-state index in [0.29, 0.717) is 0 Å². The van der Waals surface area contributed by atoms with Crippen molar-refractivity contribution in [3.63, 3.8) is 0 Å². The molecule has 2 aromatic rings. The van der Waals surface area contributed by atoms with E-state index in [1.165, 1.54) is 28.0 Å². The molecule has 1 amide bonds. The fourth-order valence-electron chi connectivity index (χ4n) is 3.17. The summed E-state index contributed by atoms with van der Waals surface area (Å²) in [5.41, 5.74) is 5.88. The Bertz CT molecular complexity index is 773. The smallest absolute Gasteiger partial charge is 0.246 e. The summed E-state index contributed by atoms with van der Waals surface area (Å²) in [6, 6.07) is 8.38. The van der Waals surface area contributed by atoms with Crippen LogP contribution in [0.1, 0.15) is 33.6 Å². The largest absolute Gasteiger partial charge is 0.316 e. The van der Waals surface area contributed by atoms with Gasteiger partial charge in [0.25, 0.3) is 0 Å². The van der Waals surface area contributed by atoms with E-state index in [2.05, 4.69) is 41.5 Å². The normalized spacial score (nSPS) is 16.8. The third kappa shape index (κ3) is 2.10. The van der Waals surface area contributed by atoms with Crippen molar-refractivity contribution in [2.45, 2.75) is 26.2 Å². The van der Waals surface area contributed by atoms with E-state index >= 15 is 0 Å². The Morgan fingerprint density at radius 3 is 3.05 bits per heavy atom. The van der Waals surface area contributed by atoms with Crippen molar-refractivity contribution >= 4 is 28.0 Å². The zero-order chi connectivity index (χ0) is 14.4. The first-order chi connectivity index (χ1) is 10.2. The summed E-state index contributed by atoms with van der Waals surface area (Å²) >= 11 is 1.73. The molecule has 0 bridgehead atoms. The summed E-state index contributed by atoms with van der Waals surface area (Å²) in [5.74, 6) is -0.0150. The zero-order valence-electron chi connectivity index (χ0n) is 11.9. The first-order valence-electron chi connectivity index (χ1n) is 7.28. The number of aliphatic imine (C=N–C) groups is 1. The number of aryl methyl sites for hydroxylation is 2. The standard InChI is InChI=1S/C17H16N2OS/c1-10-4-2-5-11(8-10)16-15-12-6-3-7-13(12)21-17(15)19-14(20)9-18-16/h2,4-5,8H,3,6-7,9H2,1H3,(H,19,20). The number of rotatable bonds is 1. The first-order valence-corrected chi connectivity index (χ1v) is 8.10. The first kappa shape index (κ1) is 12.8. The molecule has 0 fully saturated rings. The van der Waals surface area contributed by atoms with Gasteiger partial charge in [0.1, 0.15) is 11.5 Å². The van der Waals surface area contributed by atoms with E-state index in [-0.39, 0.29) is 12.5 Å². The Kier molecular flexibility index (Phi) is 2.93. The summed E-state index contributed by atoms with van der Waals surface area (Å²) in [5, 5.41) is 4.02. The lowest BCUT2D eigenvalue weighted by atomic mass is 9.98. The molecular formula is C17H16N2OS. The highest BCUT2D eigenvalue weighted by Gasteiger charge is 2.28. The monoisotopic (exact) mass is 296 g/mol. The number of fused-ring (bicyclic) bond motifs is 3. The molecule has 0 saturated carbocycles. The number of carbonyl (C=O) groups is 1. The van der Waals surface area contributed by atoms with Crippen LogP contribution >= 0.6 is 11.3 Å². The van der Waals surface area contributed by atoms with Gasteiger partial charge >= 0.3 is 0 Å². The summed E-state index contributed by atoms with van der Waals surface area (Å²) in [6.45, 7) is 2.29. The number of benzene rings is 1. The number of hydrogen-bond donors (Lipinski definition) is 1. The van der Waals surface area contributed by atoms with E-state index in [1.54, 1.807) is 11.3 Å². The lowest BCUT2D eigenvalue weighted by Gasteiger charge is -2.09. The molecule has 1 aliphatic carbocycles. The molecule has 1 N–H and O–H groups in total. The summed E-state index contributed by atoms with van der Waals surface area (Å²) < 4.78 is 0. The second-order valence-electron chi connectivity index (χ2n) is 5.64. The number of amides is 1. The maximum atomic E-state index is 11.9. The number of hydrogen-bond acceptors (Lipinski definition) is 3. The van der Waals surface area contributed by atoms with Crippen molar-refractivity contribution in [1.82, 2.24) is 0 Å². The van der Waals surface area contributed by atoms with Crippen LogP contribution < -0.4 is 5.32 Å². The Hall–Kier alpha value is -1.94. The van der Waals surface area contributed by atoms with Gasteiger partial charge in [0.15, 0.2) is 0 Å². The fourth-order valence-corrected chi connectivity index (χ4v) is 4.47. The molecule has 3 nitrogen and oxygen atoms in total. The number of thiophene rings is 1. The molecule has 1 aliphatic heterocycles. The van der Waals surface area contributed by atoms with Gasteiger partial charge in [-0.1, -0.05) is 23.8 Å². The Balaban J connectivity index is 1.93. The van der Waals surface area contributed by atoms with Crippen LogP contribution in [0.5, 0.6) is 0 Å². The van der Waals surface area contributed by atoms with Crippen molar-refractivity contribution in [2.24, 2.45) is 4.99 Å². The summed E-state index contributed by atoms with van der Waals surface area (Å²) in [4.78, 5) is 17.9. The van der Waals surface area contributed by atoms with Crippen LogP contribution in [0.3, 0.4) is 0 Å². The van der Waals surface area contributed by atoms with Gasteiger partial charge in [0.05, 0.1) is 5.71 Å². The molecule has 0 radical (unpaired) electrons. The third-order valence-corrected chi connectivity index (χ3v) is 5.29. The predicted octanol–water partition coefficient (Wildman–Crippen LogP) is 3.33. The topological polar surface area (TPSA) is 41.5 Å². The van der Waals surface area contributed by atoms with Crippen molar-refractivity contribution in [2.75, 3.05) is 11.9 Å². The molecule has 106 valence electrons. The van der Waals surface area contributed by atoms with Gasteiger partial charge in [-0.2, -0.15) is 0 Å². The molecule has 0 atom stereocenters. The molecule has 0 saturated heterocycles. The average Bonchev–Trinajstić information content (AvgIpc) is 2.97. The molecule has 0 spiro atoms. The van der Waals surface area contributed by atoms with Crippen LogP contribution in [-0.4, -0.2) is 18.2 Å². The summed E-state index contributed by atoms with van der Waals surface area (Å²) in [7, 11) is 0. The number of carbonyl (C=O) groups excluding carboxylic acids is 1. The van der Waals surface area contributed by atoms with Gasteiger partial charge in [0.2, 0.25) is 5.91 Å². The Morgan fingerprint density at radius 1 is 1.29 bits per heavy atom. The molecule has 2 aliphatic rings. The fraction of sp³-hybridized carbons (Fsp3) is 0.294. The summed E-state index contributed by atoms with van der Waals surface area (Å²) in [6.07, 6.45) is 3.44. The average molecular weight is 296 g/mol. The van der Waals surface area contributed by atoms with Crippen LogP contribution in [0, 0.1) is 6.92 Å². The second-order valence-corrected chi connectivity index (χ2v) is 6.75. The highest BCUT2D eigenvalue weighted by molar-refractivity contribution is 7.17. The van der Waals surface area contributed by atoms with Crippen molar-refractivity contribution in [1.29, 1.82) is 0 Å². The lowest BCUT2D eigenvalue weighted by Crippen LogP contribution is -2.12. The van der Waals surface area contributed by atoms with E-state index in [4.69, 9.17) is 0 Å². The van der Waals surface area contributed by atoms with Crippen LogP contribution in [0.4, 0.5) is 5.00 Å². The van der Waals surface area contributed by atoms with E-state index in [0.717, 1.165) is 29.1 Å². The second kappa shape index (κ2) is 4.81. The molecule has 1 aromatic heterocycles. The number of anilines is 1. The third-order valence-electron chi connectivity index (χ3n) is 4.08. The number of nitrogens with one attached hydrogen (secondary N) is 1. The molecule has 4 heteroatoms. The van der Waals surface area contributed by atoms with Crippen LogP contribution in [-0.2, 0) is 17.6 Å². The van der Waals surface area contributed by atoms with E-state index < -0.39 is 0 Å². The van der Waals surface area contributed by atoms with Gasteiger partial charge in [-0.25, -0.2) is 0 Å². The molecule has 2 heterocycles. The van der Waals surface area contributed by atoms with Crippen molar-refractivity contribution in [3.8, 4) is 0 Å². The van der Waals surface area contributed by atoms with Crippen LogP contribution in [0.2, 0.25) is 0 Å². The molecule has 21 heavy (non-hydrogen) atoms. The van der Waals surface area contributed by atoms with Crippen LogP contribution in [0.15, 0.2) is 29.3 Å². The van der Waals surface area contributed by atoms with E-state index in [9.17, 15) is 4.79 Å². The highest BCUT2D eigenvalue weighted by atomic mass is 32.1. The minimum absolute atomic E-state index is 0.0150. The van der Waals surface area contributed by atoms with Gasteiger partial charge in [-0.15, -0.1) is 11.3 Å². The van der Waals surface area contributed by atoms with Gasteiger partial charge in [-0.3, -0.25) is 9.79 Å². The highest BCUT2D eigenvalue weighted by Crippen LogP contribution is 2.41. The molecule has 4 rings (SSSR count).